The second-order valence-corrected chi connectivity index (χ2v) is 4.56. The Kier molecular flexibility index (Phi) is 8.33. The zero-order valence-electron chi connectivity index (χ0n) is 10.9. The van der Waals surface area contributed by atoms with Gasteiger partial charge in [0.15, 0.2) is 0 Å². The number of carbonyl (C=O) groups excluding carboxylic acids is 1. The summed E-state index contributed by atoms with van der Waals surface area (Å²) in [5, 5.41) is 0. The van der Waals surface area contributed by atoms with Crippen LogP contribution >= 0.6 is 11.6 Å². The van der Waals surface area contributed by atoms with Gasteiger partial charge >= 0.3 is 0 Å². The first-order valence-electron chi connectivity index (χ1n) is 6.30. The number of ether oxygens (including phenoxy) is 3. The molecule has 0 aromatic heterocycles. The van der Waals surface area contributed by atoms with E-state index in [0.717, 1.165) is 25.9 Å². The number of alkyl halides is 1. The predicted octanol–water partition coefficient (Wildman–Crippen LogP) is 0.896. The van der Waals surface area contributed by atoms with E-state index >= 15 is 0 Å². The van der Waals surface area contributed by atoms with Gasteiger partial charge in [-0.15, -0.1) is 11.6 Å². The molecule has 1 aliphatic rings. The fourth-order valence-electron chi connectivity index (χ4n) is 1.88. The van der Waals surface area contributed by atoms with Crippen LogP contribution in [0.15, 0.2) is 0 Å². The van der Waals surface area contributed by atoms with Crippen molar-refractivity contribution in [1.82, 2.24) is 4.90 Å². The average Bonchev–Trinajstić information content (AvgIpc) is 2.41. The molecular weight excluding hydrogens is 258 g/mol. The number of halogens is 1. The summed E-state index contributed by atoms with van der Waals surface area (Å²) in [6.45, 7) is 3.16. The molecule has 1 saturated heterocycles. The highest BCUT2D eigenvalue weighted by Gasteiger charge is 2.22. The first kappa shape index (κ1) is 15.7. The Labute approximate surface area is 113 Å². The van der Waals surface area contributed by atoms with Gasteiger partial charge in [-0.05, 0) is 12.8 Å². The topological polar surface area (TPSA) is 48.0 Å². The Morgan fingerprint density at radius 3 is 2.61 bits per heavy atom. The highest BCUT2D eigenvalue weighted by Crippen LogP contribution is 2.13. The number of likely N-dealkylation sites (tertiary alicyclic amines) is 1. The summed E-state index contributed by atoms with van der Waals surface area (Å²) in [4.78, 5) is 13.6. The summed E-state index contributed by atoms with van der Waals surface area (Å²) in [5.41, 5.74) is 0. The molecule has 1 rings (SSSR count). The van der Waals surface area contributed by atoms with Crippen LogP contribution in [0.2, 0.25) is 0 Å². The minimum atomic E-state index is 0.0434. The Morgan fingerprint density at radius 2 is 2.00 bits per heavy atom. The lowest BCUT2D eigenvalue weighted by atomic mass is 10.1. The van der Waals surface area contributed by atoms with Crippen molar-refractivity contribution in [1.29, 1.82) is 0 Å². The van der Waals surface area contributed by atoms with Crippen molar-refractivity contribution >= 4 is 17.5 Å². The van der Waals surface area contributed by atoms with E-state index in [1.54, 1.807) is 7.11 Å². The molecule has 106 valence electrons. The van der Waals surface area contributed by atoms with Gasteiger partial charge in [0.25, 0.3) is 0 Å². The molecule has 6 heteroatoms. The zero-order valence-corrected chi connectivity index (χ0v) is 11.7. The van der Waals surface area contributed by atoms with Gasteiger partial charge in [0.1, 0.15) is 6.61 Å². The van der Waals surface area contributed by atoms with Gasteiger partial charge in [0.2, 0.25) is 5.91 Å². The van der Waals surface area contributed by atoms with Crippen molar-refractivity contribution in [2.24, 2.45) is 0 Å². The molecule has 0 aromatic rings. The van der Waals surface area contributed by atoms with Gasteiger partial charge in [0, 0.05) is 26.1 Å². The van der Waals surface area contributed by atoms with Crippen LogP contribution in [0.3, 0.4) is 0 Å². The molecule has 0 aromatic carbocycles. The lowest BCUT2D eigenvalue weighted by Crippen LogP contribution is -2.42. The Balaban J connectivity index is 2.11. The van der Waals surface area contributed by atoms with Crippen molar-refractivity contribution < 1.29 is 19.0 Å². The number of carbonyl (C=O) groups is 1. The van der Waals surface area contributed by atoms with Gasteiger partial charge < -0.3 is 19.1 Å². The van der Waals surface area contributed by atoms with Crippen molar-refractivity contribution in [3.8, 4) is 0 Å². The Morgan fingerprint density at radius 1 is 1.28 bits per heavy atom. The second kappa shape index (κ2) is 9.55. The van der Waals surface area contributed by atoms with Crippen LogP contribution in [0.4, 0.5) is 0 Å². The molecule has 1 aliphatic heterocycles. The van der Waals surface area contributed by atoms with Crippen LogP contribution in [0.25, 0.3) is 0 Å². The highest BCUT2D eigenvalue weighted by molar-refractivity contribution is 6.17. The number of methoxy groups -OCH3 is 1. The number of piperidine rings is 1. The third kappa shape index (κ3) is 6.00. The molecule has 0 atom stereocenters. The maximum Gasteiger partial charge on any atom is 0.248 e. The normalized spacial score (nSPS) is 17.1. The van der Waals surface area contributed by atoms with Crippen LogP contribution in [0, 0.1) is 0 Å². The molecule has 18 heavy (non-hydrogen) atoms. The summed E-state index contributed by atoms with van der Waals surface area (Å²) < 4.78 is 15.6. The summed E-state index contributed by atoms with van der Waals surface area (Å²) in [6.07, 6.45) is 1.99. The van der Waals surface area contributed by atoms with Crippen LogP contribution in [0.1, 0.15) is 12.8 Å². The predicted molar refractivity (Wildman–Crippen MR) is 69.0 cm³/mol. The molecule has 0 spiro atoms. The molecule has 0 N–H and O–H groups in total. The largest absolute Gasteiger partial charge is 0.382 e. The van der Waals surface area contributed by atoms with Gasteiger partial charge in [-0.3, -0.25) is 4.79 Å². The number of amides is 1. The zero-order chi connectivity index (χ0) is 13.2. The van der Waals surface area contributed by atoms with Crippen molar-refractivity contribution in [2.45, 2.75) is 18.9 Å². The number of rotatable bonds is 8. The lowest BCUT2D eigenvalue weighted by molar-refractivity contribution is -0.139. The smallest absolute Gasteiger partial charge is 0.248 e. The van der Waals surface area contributed by atoms with Gasteiger partial charge in [0.05, 0.1) is 25.9 Å². The summed E-state index contributed by atoms with van der Waals surface area (Å²) >= 11 is 5.57. The maximum atomic E-state index is 11.8. The first-order valence-corrected chi connectivity index (χ1v) is 6.83. The number of hydrogen-bond donors (Lipinski definition) is 0. The summed E-state index contributed by atoms with van der Waals surface area (Å²) in [6, 6.07) is 0. The lowest BCUT2D eigenvalue weighted by Gasteiger charge is -2.31. The van der Waals surface area contributed by atoms with E-state index in [0.29, 0.717) is 25.7 Å². The van der Waals surface area contributed by atoms with Crippen molar-refractivity contribution in [3.63, 3.8) is 0 Å². The monoisotopic (exact) mass is 279 g/mol. The Hall–Kier alpha value is -0.360. The van der Waals surface area contributed by atoms with Crippen LogP contribution in [-0.2, 0) is 19.0 Å². The molecule has 0 saturated carbocycles. The molecule has 1 fully saturated rings. The standard InChI is InChI=1S/C12H22ClNO4/c1-16-8-9-17-10-12(15)14-5-2-11(3-6-14)18-7-4-13/h11H,2-10H2,1H3. The molecule has 5 nitrogen and oxygen atoms in total. The van der Waals surface area contributed by atoms with E-state index in [1.165, 1.54) is 0 Å². The van der Waals surface area contributed by atoms with Crippen LogP contribution in [0.5, 0.6) is 0 Å². The van der Waals surface area contributed by atoms with Gasteiger partial charge in [-0.25, -0.2) is 0 Å². The van der Waals surface area contributed by atoms with E-state index in [-0.39, 0.29) is 18.6 Å². The highest BCUT2D eigenvalue weighted by atomic mass is 35.5. The van der Waals surface area contributed by atoms with Crippen LogP contribution in [-0.4, -0.2) is 69.4 Å². The van der Waals surface area contributed by atoms with Crippen molar-refractivity contribution in [2.75, 3.05) is 52.5 Å². The molecule has 1 heterocycles. The summed E-state index contributed by atoms with van der Waals surface area (Å²) in [5.74, 6) is 0.564. The summed E-state index contributed by atoms with van der Waals surface area (Å²) in [7, 11) is 1.61. The van der Waals surface area contributed by atoms with Crippen LogP contribution < -0.4 is 0 Å². The molecule has 0 radical (unpaired) electrons. The minimum Gasteiger partial charge on any atom is -0.382 e. The molecule has 0 bridgehead atoms. The van der Waals surface area contributed by atoms with Gasteiger partial charge in [-0.2, -0.15) is 0 Å². The third-order valence-corrected chi connectivity index (χ3v) is 3.04. The number of hydrogen-bond acceptors (Lipinski definition) is 4. The average molecular weight is 280 g/mol. The van der Waals surface area contributed by atoms with E-state index in [2.05, 4.69) is 0 Å². The molecule has 1 amide bonds. The Bertz CT molecular complexity index is 232. The quantitative estimate of drug-likeness (QED) is 0.489. The molecular formula is C12H22ClNO4. The maximum absolute atomic E-state index is 11.8. The SMILES string of the molecule is COCCOCC(=O)N1CCC(OCCCl)CC1. The third-order valence-electron chi connectivity index (χ3n) is 2.88. The first-order chi connectivity index (χ1) is 8.77. The minimum absolute atomic E-state index is 0.0434. The fourth-order valence-corrected chi connectivity index (χ4v) is 1.97. The van der Waals surface area contributed by atoms with E-state index < -0.39 is 0 Å². The van der Waals surface area contributed by atoms with Gasteiger partial charge in [-0.1, -0.05) is 0 Å². The van der Waals surface area contributed by atoms with Crippen molar-refractivity contribution in [3.05, 3.63) is 0 Å². The molecule has 0 aliphatic carbocycles. The van der Waals surface area contributed by atoms with E-state index in [4.69, 9.17) is 25.8 Å². The van der Waals surface area contributed by atoms with E-state index in [1.807, 2.05) is 4.90 Å². The fraction of sp³-hybridized carbons (Fsp3) is 0.917. The number of nitrogens with zero attached hydrogens (tertiary/aromatic N) is 1. The van der Waals surface area contributed by atoms with E-state index in [9.17, 15) is 4.79 Å². The second-order valence-electron chi connectivity index (χ2n) is 4.19. The molecule has 0 unspecified atom stereocenters.